The van der Waals surface area contributed by atoms with E-state index in [-0.39, 0.29) is 5.82 Å². The van der Waals surface area contributed by atoms with Crippen LogP contribution in [0.2, 0.25) is 0 Å². The fourth-order valence-corrected chi connectivity index (χ4v) is 2.15. The first-order valence-corrected chi connectivity index (χ1v) is 7.00. The summed E-state index contributed by atoms with van der Waals surface area (Å²) in [6, 6.07) is 15.1. The molecular weight excluding hydrogens is 251 g/mol. The number of halogens is 1. The van der Waals surface area contributed by atoms with E-state index in [1.165, 1.54) is 11.6 Å². The lowest BCUT2D eigenvalue weighted by molar-refractivity contribution is 0.626. The molecule has 1 N–H and O–H groups in total. The van der Waals surface area contributed by atoms with Crippen LogP contribution in [0.25, 0.3) is 0 Å². The molecule has 2 nitrogen and oxygen atoms in total. The Morgan fingerprint density at radius 3 is 2.50 bits per heavy atom. The van der Waals surface area contributed by atoms with E-state index in [0.29, 0.717) is 0 Å². The van der Waals surface area contributed by atoms with Gasteiger partial charge in [-0.15, -0.1) is 0 Å². The van der Waals surface area contributed by atoms with E-state index in [0.717, 1.165) is 31.0 Å². The van der Waals surface area contributed by atoms with Crippen LogP contribution < -0.4 is 10.2 Å². The van der Waals surface area contributed by atoms with Gasteiger partial charge in [-0.05, 0) is 44.2 Å². The van der Waals surface area contributed by atoms with E-state index in [9.17, 15) is 4.39 Å². The Morgan fingerprint density at radius 2 is 1.85 bits per heavy atom. The second kappa shape index (κ2) is 6.94. The smallest absolute Gasteiger partial charge is 0.125 e. The second-order valence-electron chi connectivity index (χ2n) is 4.85. The molecule has 0 aliphatic carbocycles. The summed E-state index contributed by atoms with van der Waals surface area (Å²) in [6.45, 7) is 6.68. The van der Waals surface area contributed by atoms with E-state index in [2.05, 4.69) is 48.3 Å². The van der Waals surface area contributed by atoms with Crippen LogP contribution in [-0.4, -0.2) is 19.6 Å². The number of nitrogens with one attached hydrogen (secondary N) is 1. The molecule has 0 aromatic heterocycles. The minimum absolute atomic E-state index is 0.188. The zero-order valence-corrected chi connectivity index (χ0v) is 12.1. The molecule has 106 valence electrons. The Morgan fingerprint density at radius 1 is 1.10 bits per heavy atom. The van der Waals surface area contributed by atoms with Crippen LogP contribution >= 0.6 is 0 Å². The van der Waals surface area contributed by atoms with Crippen LogP contribution in [0.3, 0.4) is 0 Å². The number of nitrogens with zero attached hydrogens (tertiary/aromatic N) is 1. The summed E-state index contributed by atoms with van der Waals surface area (Å²) in [4.78, 5) is 2.16. The van der Waals surface area contributed by atoms with Crippen molar-refractivity contribution in [3.05, 3.63) is 59.9 Å². The number of rotatable bonds is 6. The molecule has 0 unspecified atom stereocenters. The van der Waals surface area contributed by atoms with Gasteiger partial charge >= 0.3 is 0 Å². The number of hydrogen-bond donors (Lipinski definition) is 1. The predicted molar refractivity (Wildman–Crippen MR) is 84.0 cm³/mol. The first kappa shape index (κ1) is 14.4. The lowest BCUT2D eigenvalue weighted by atomic mass is 10.2. The molecule has 0 atom stereocenters. The first-order chi connectivity index (χ1) is 9.69. The Bertz CT molecular complexity index is 537. The summed E-state index contributed by atoms with van der Waals surface area (Å²) >= 11 is 0. The van der Waals surface area contributed by atoms with Crippen LogP contribution in [0.4, 0.5) is 15.8 Å². The highest BCUT2D eigenvalue weighted by molar-refractivity contribution is 5.48. The van der Waals surface area contributed by atoms with Crippen molar-refractivity contribution in [3.63, 3.8) is 0 Å². The zero-order chi connectivity index (χ0) is 14.4. The summed E-state index contributed by atoms with van der Waals surface area (Å²) in [5.74, 6) is -0.188. The number of benzene rings is 2. The van der Waals surface area contributed by atoms with Gasteiger partial charge in [-0.2, -0.15) is 0 Å². The molecule has 0 saturated heterocycles. The summed E-state index contributed by atoms with van der Waals surface area (Å²) in [7, 11) is 0. The third kappa shape index (κ3) is 3.98. The Labute approximate surface area is 120 Å². The average Bonchev–Trinajstić information content (AvgIpc) is 2.45. The lowest BCUT2D eigenvalue weighted by Gasteiger charge is -2.23. The zero-order valence-electron chi connectivity index (χ0n) is 12.1. The van der Waals surface area contributed by atoms with E-state index in [4.69, 9.17) is 0 Å². The standard InChI is InChI=1S/C17H21FN2/c1-3-20(17-6-4-5-15(18)13-17)12-11-19-16-9-7-14(2)8-10-16/h4-10,13,19H,3,11-12H2,1-2H3. The van der Waals surface area contributed by atoms with Crippen LogP contribution in [0, 0.1) is 12.7 Å². The van der Waals surface area contributed by atoms with Crippen molar-refractivity contribution in [2.75, 3.05) is 29.9 Å². The molecule has 0 fully saturated rings. The Balaban J connectivity index is 1.89. The monoisotopic (exact) mass is 272 g/mol. The van der Waals surface area contributed by atoms with E-state index >= 15 is 0 Å². The summed E-state index contributed by atoms with van der Waals surface area (Å²) in [6.07, 6.45) is 0. The fourth-order valence-electron chi connectivity index (χ4n) is 2.15. The van der Waals surface area contributed by atoms with E-state index in [1.807, 2.05) is 6.07 Å². The summed E-state index contributed by atoms with van der Waals surface area (Å²) in [5, 5.41) is 3.39. The molecule has 0 radical (unpaired) electrons. The normalized spacial score (nSPS) is 10.3. The average molecular weight is 272 g/mol. The Kier molecular flexibility index (Phi) is 4.99. The van der Waals surface area contributed by atoms with Crippen molar-refractivity contribution in [1.82, 2.24) is 0 Å². The maximum atomic E-state index is 13.2. The molecule has 0 amide bonds. The van der Waals surface area contributed by atoms with Gasteiger partial charge in [0.25, 0.3) is 0 Å². The number of anilines is 2. The molecule has 2 rings (SSSR count). The molecule has 0 heterocycles. The third-order valence-electron chi connectivity index (χ3n) is 3.32. The maximum Gasteiger partial charge on any atom is 0.125 e. The van der Waals surface area contributed by atoms with Crippen molar-refractivity contribution < 1.29 is 4.39 Å². The first-order valence-electron chi connectivity index (χ1n) is 7.00. The molecule has 3 heteroatoms. The molecule has 0 aliphatic heterocycles. The van der Waals surface area contributed by atoms with Crippen molar-refractivity contribution in [3.8, 4) is 0 Å². The van der Waals surface area contributed by atoms with Gasteiger partial charge in [-0.1, -0.05) is 23.8 Å². The fraction of sp³-hybridized carbons (Fsp3) is 0.294. The molecule has 20 heavy (non-hydrogen) atoms. The summed E-state index contributed by atoms with van der Waals surface area (Å²) < 4.78 is 13.2. The largest absolute Gasteiger partial charge is 0.383 e. The number of aryl methyl sites for hydroxylation is 1. The van der Waals surface area contributed by atoms with Gasteiger partial charge < -0.3 is 10.2 Å². The quantitative estimate of drug-likeness (QED) is 0.852. The number of hydrogen-bond acceptors (Lipinski definition) is 2. The van der Waals surface area contributed by atoms with Gasteiger partial charge in [-0.3, -0.25) is 0 Å². The lowest BCUT2D eigenvalue weighted by Crippen LogP contribution is -2.28. The van der Waals surface area contributed by atoms with Crippen LogP contribution in [0.5, 0.6) is 0 Å². The van der Waals surface area contributed by atoms with Crippen molar-refractivity contribution in [1.29, 1.82) is 0 Å². The molecular formula is C17H21FN2. The van der Waals surface area contributed by atoms with Crippen molar-refractivity contribution >= 4 is 11.4 Å². The minimum Gasteiger partial charge on any atom is -0.383 e. The molecule has 2 aromatic rings. The van der Waals surface area contributed by atoms with Crippen LogP contribution in [0.15, 0.2) is 48.5 Å². The maximum absolute atomic E-state index is 13.2. The van der Waals surface area contributed by atoms with Crippen molar-refractivity contribution in [2.45, 2.75) is 13.8 Å². The van der Waals surface area contributed by atoms with Crippen molar-refractivity contribution in [2.24, 2.45) is 0 Å². The SMILES string of the molecule is CCN(CCNc1ccc(C)cc1)c1cccc(F)c1. The molecule has 0 spiro atoms. The van der Waals surface area contributed by atoms with Gasteiger partial charge in [0.05, 0.1) is 0 Å². The van der Waals surface area contributed by atoms with Gasteiger partial charge in [0.2, 0.25) is 0 Å². The van der Waals surface area contributed by atoms with E-state index < -0.39 is 0 Å². The highest BCUT2D eigenvalue weighted by atomic mass is 19.1. The highest BCUT2D eigenvalue weighted by Gasteiger charge is 2.04. The topological polar surface area (TPSA) is 15.3 Å². The summed E-state index contributed by atoms with van der Waals surface area (Å²) in [5.41, 5.74) is 3.30. The second-order valence-corrected chi connectivity index (χ2v) is 4.85. The molecule has 0 bridgehead atoms. The van der Waals surface area contributed by atoms with Gasteiger partial charge in [0.15, 0.2) is 0 Å². The van der Waals surface area contributed by atoms with Gasteiger partial charge in [-0.25, -0.2) is 4.39 Å². The van der Waals surface area contributed by atoms with Crippen LogP contribution in [-0.2, 0) is 0 Å². The third-order valence-corrected chi connectivity index (χ3v) is 3.32. The molecule has 2 aromatic carbocycles. The van der Waals surface area contributed by atoms with E-state index in [1.54, 1.807) is 12.1 Å². The van der Waals surface area contributed by atoms with Gasteiger partial charge in [0, 0.05) is 31.0 Å². The molecule has 0 saturated carbocycles. The molecule has 0 aliphatic rings. The van der Waals surface area contributed by atoms with Gasteiger partial charge in [0.1, 0.15) is 5.82 Å². The minimum atomic E-state index is -0.188. The van der Waals surface area contributed by atoms with Crippen LogP contribution in [0.1, 0.15) is 12.5 Å². The Hall–Kier alpha value is -2.03. The highest BCUT2D eigenvalue weighted by Crippen LogP contribution is 2.15. The number of likely N-dealkylation sites (N-methyl/N-ethyl adjacent to an activating group) is 1. The predicted octanol–water partition coefficient (Wildman–Crippen LogP) is 4.07.